The molecule has 4 fully saturated rings. The van der Waals surface area contributed by atoms with E-state index in [4.69, 9.17) is 15.2 Å². The molecule has 3 aromatic heterocycles. The maximum absolute atomic E-state index is 16.5. The average Bonchev–Trinajstić information content (AvgIpc) is 3.60. The third kappa shape index (κ3) is 7.15. The van der Waals surface area contributed by atoms with Crippen molar-refractivity contribution in [3.63, 3.8) is 0 Å². The number of hydrogen-bond acceptors (Lipinski definition) is 11. The molecule has 0 spiro atoms. The Hall–Kier alpha value is -4.40. The number of amides is 1. The number of rotatable bonds is 8. The van der Waals surface area contributed by atoms with E-state index in [0.29, 0.717) is 52.4 Å². The number of nitrogen functional groups attached to an aromatic ring is 1. The lowest BCUT2D eigenvalue weighted by atomic mass is 9.95. The summed E-state index contributed by atoms with van der Waals surface area (Å²) in [5.41, 5.74) is 2.12. The van der Waals surface area contributed by atoms with Gasteiger partial charge in [0.1, 0.15) is 41.3 Å². The molecule has 1 amide bonds. The second kappa shape index (κ2) is 14.2. The van der Waals surface area contributed by atoms with Crippen LogP contribution in [0.2, 0.25) is 0 Å². The van der Waals surface area contributed by atoms with Gasteiger partial charge >= 0.3 is 12.2 Å². The monoisotopic (exact) mass is 729 g/mol. The maximum atomic E-state index is 16.5. The number of hydrogen-bond donors (Lipinski definition) is 1. The molecule has 0 aliphatic carbocycles. The highest BCUT2D eigenvalue weighted by atomic mass is 19.4. The molecule has 12 nitrogen and oxygen atoms in total. The number of ether oxygens (including phenoxy) is 2. The predicted octanol–water partition coefficient (Wildman–Crippen LogP) is 3.32. The van der Waals surface area contributed by atoms with Gasteiger partial charge in [0, 0.05) is 64.9 Å². The molecule has 0 bridgehead atoms. The van der Waals surface area contributed by atoms with Crippen LogP contribution < -0.4 is 15.4 Å². The Balaban J connectivity index is 1.16. The van der Waals surface area contributed by atoms with E-state index in [1.807, 2.05) is 0 Å². The van der Waals surface area contributed by atoms with E-state index >= 15 is 4.39 Å². The number of anilines is 2. The van der Waals surface area contributed by atoms with Crippen molar-refractivity contribution in [1.82, 2.24) is 34.6 Å². The Bertz CT molecular complexity index is 1910. The van der Waals surface area contributed by atoms with E-state index < -0.39 is 40.7 Å². The van der Waals surface area contributed by atoms with Crippen LogP contribution in [0.25, 0.3) is 22.3 Å². The third-order valence-electron chi connectivity index (χ3n) is 10.4. The summed E-state index contributed by atoms with van der Waals surface area (Å²) in [4.78, 5) is 37.2. The minimum Gasteiger partial charge on any atom is -0.461 e. The number of aryl methyl sites for hydroxylation is 1. The molecule has 0 saturated carbocycles. The molecule has 4 saturated heterocycles. The molecule has 7 rings (SSSR count). The number of likely N-dealkylation sites (tertiary alicyclic amines) is 1. The lowest BCUT2D eigenvalue weighted by molar-refractivity contribution is -0.137. The number of halogens is 5. The van der Waals surface area contributed by atoms with Crippen molar-refractivity contribution in [1.29, 1.82) is 0 Å². The van der Waals surface area contributed by atoms with Crippen molar-refractivity contribution in [3.05, 3.63) is 29.2 Å². The molecule has 278 valence electrons. The third-order valence-corrected chi connectivity index (χ3v) is 10.4. The van der Waals surface area contributed by atoms with Crippen LogP contribution in [0.15, 0.2) is 12.3 Å². The normalized spacial score (nSPS) is 22.6. The Morgan fingerprint density at radius 2 is 1.92 bits per heavy atom. The number of carbonyl (C=O) groups is 1. The topological polar surface area (TPSA) is 126 Å². The molecule has 4 aliphatic rings. The average molecular weight is 730 g/mol. The zero-order chi connectivity index (χ0) is 36.8. The summed E-state index contributed by atoms with van der Waals surface area (Å²) in [6.45, 7) is 6.93. The molecule has 7 heterocycles. The fourth-order valence-corrected chi connectivity index (χ4v) is 7.81. The Morgan fingerprint density at radius 1 is 1.15 bits per heavy atom. The van der Waals surface area contributed by atoms with Gasteiger partial charge in [-0.05, 0) is 43.9 Å². The van der Waals surface area contributed by atoms with Gasteiger partial charge in [0.2, 0.25) is 0 Å². The van der Waals surface area contributed by atoms with Crippen molar-refractivity contribution < 1.29 is 36.2 Å². The van der Waals surface area contributed by atoms with Crippen molar-refractivity contribution in [2.45, 2.75) is 44.1 Å². The van der Waals surface area contributed by atoms with Crippen LogP contribution in [0.1, 0.15) is 30.4 Å². The van der Waals surface area contributed by atoms with Crippen LogP contribution in [0.5, 0.6) is 6.01 Å². The lowest BCUT2D eigenvalue weighted by Crippen LogP contribution is -2.53. The minimum atomic E-state index is -4.87. The second-order valence-electron chi connectivity index (χ2n) is 14.1. The fraction of sp³-hybridized carbons (Fsp3) is 0.571. The summed E-state index contributed by atoms with van der Waals surface area (Å²) in [5.74, 6) is 4.28. The standard InChI is InChI=1S/C35H40F5N9O3/c1-21-13-25(41)43-30(27(21)35(38,39)40)31-28(37)29-24(15-42-31)32(45-33(44-29)52-20-34-6-4-8-49(34)19-23(36)14-34)46(2)16-22-17-48(18-22)26(50)5-3-7-47-9-11-51-12-10-47/h13,15,22-23H,4,6-12,14,16-20H2,1-2H3,(H2,41,43)/t23-,34?/m1/s1. The van der Waals surface area contributed by atoms with Crippen molar-refractivity contribution in [3.8, 4) is 29.2 Å². The van der Waals surface area contributed by atoms with Gasteiger partial charge in [0.15, 0.2) is 5.82 Å². The molecule has 2 atom stereocenters. The van der Waals surface area contributed by atoms with E-state index in [-0.39, 0.29) is 59.0 Å². The lowest BCUT2D eigenvalue weighted by Gasteiger charge is -2.40. The zero-order valence-corrected chi connectivity index (χ0v) is 29.0. The second-order valence-corrected chi connectivity index (χ2v) is 14.1. The molecule has 52 heavy (non-hydrogen) atoms. The van der Waals surface area contributed by atoms with Crippen LogP contribution >= 0.6 is 0 Å². The van der Waals surface area contributed by atoms with Gasteiger partial charge in [0.25, 0.3) is 5.91 Å². The Labute approximate surface area is 297 Å². The number of alkyl halides is 4. The maximum Gasteiger partial charge on any atom is 0.418 e. The molecular formula is C35H40F5N9O3. The van der Waals surface area contributed by atoms with Gasteiger partial charge in [-0.15, -0.1) is 0 Å². The predicted molar refractivity (Wildman–Crippen MR) is 182 cm³/mol. The van der Waals surface area contributed by atoms with Crippen molar-refractivity contribution in [2.75, 3.05) is 89.9 Å². The highest BCUT2D eigenvalue weighted by Gasteiger charge is 2.49. The highest BCUT2D eigenvalue weighted by molar-refractivity contribution is 5.94. The first-order valence-corrected chi connectivity index (χ1v) is 17.3. The summed E-state index contributed by atoms with van der Waals surface area (Å²) in [6.07, 6.45) is -2.79. The number of fused-ring (bicyclic) bond motifs is 2. The van der Waals surface area contributed by atoms with Crippen molar-refractivity contribution >= 4 is 28.4 Å². The number of pyridine rings is 2. The van der Waals surface area contributed by atoms with Gasteiger partial charge in [-0.3, -0.25) is 19.6 Å². The van der Waals surface area contributed by atoms with Crippen molar-refractivity contribution in [2.24, 2.45) is 5.92 Å². The van der Waals surface area contributed by atoms with Gasteiger partial charge in [-0.25, -0.2) is 13.8 Å². The van der Waals surface area contributed by atoms with Crippen LogP contribution in [0, 0.1) is 30.5 Å². The minimum absolute atomic E-state index is 0.0289. The number of nitrogens with two attached hydrogens (primary N) is 1. The summed E-state index contributed by atoms with van der Waals surface area (Å²) in [5, 5.41) is 0.136. The number of aromatic nitrogens is 4. The fourth-order valence-electron chi connectivity index (χ4n) is 7.81. The molecule has 4 aliphatic heterocycles. The zero-order valence-electron chi connectivity index (χ0n) is 29.0. The number of carbonyl (C=O) groups excluding carboxylic acids is 1. The van der Waals surface area contributed by atoms with Crippen LogP contribution in [-0.4, -0.2) is 131 Å². The SMILES string of the molecule is Cc1cc(N)nc(-c2ncc3c(N(C)CC4CN(C(=O)C#CCN5CCOCC5)C4)nc(OCC45CCCN4C[C@H](F)C5)nc3c2F)c1C(F)(F)F. The molecule has 1 unspecified atom stereocenters. The van der Waals surface area contributed by atoms with Crippen LogP contribution in [-0.2, 0) is 15.7 Å². The molecule has 2 N–H and O–H groups in total. The number of nitrogens with zero attached hydrogens (tertiary/aromatic N) is 8. The van der Waals surface area contributed by atoms with E-state index in [9.17, 15) is 22.4 Å². The first kappa shape index (κ1) is 36.0. The largest absolute Gasteiger partial charge is 0.461 e. The van der Waals surface area contributed by atoms with E-state index in [1.165, 1.54) is 13.1 Å². The molecule has 3 aromatic rings. The summed E-state index contributed by atoms with van der Waals surface area (Å²) >= 11 is 0. The van der Waals surface area contributed by atoms with Crippen LogP contribution in [0.3, 0.4) is 0 Å². The Kier molecular flexibility index (Phi) is 9.83. The Morgan fingerprint density at radius 3 is 2.67 bits per heavy atom. The van der Waals surface area contributed by atoms with E-state index in [1.54, 1.807) is 16.8 Å². The first-order chi connectivity index (χ1) is 24.8. The molecule has 0 radical (unpaired) electrons. The summed E-state index contributed by atoms with van der Waals surface area (Å²) in [6, 6.07) is 0.860. The number of morpholine rings is 1. The summed E-state index contributed by atoms with van der Waals surface area (Å²) in [7, 11) is 1.73. The first-order valence-electron chi connectivity index (χ1n) is 17.3. The molecule has 0 aromatic carbocycles. The molecular weight excluding hydrogens is 689 g/mol. The van der Waals surface area contributed by atoms with Gasteiger partial charge in [0.05, 0.1) is 36.2 Å². The van der Waals surface area contributed by atoms with Gasteiger partial charge < -0.3 is 25.0 Å². The smallest absolute Gasteiger partial charge is 0.418 e. The molecule has 17 heteroatoms. The quantitative estimate of drug-likeness (QED) is 0.271. The van der Waals surface area contributed by atoms with Gasteiger partial charge in [-0.2, -0.15) is 23.1 Å². The van der Waals surface area contributed by atoms with Crippen LogP contribution in [0.4, 0.5) is 33.6 Å². The summed E-state index contributed by atoms with van der Waals surface area (Å²) < 4.78 is 85.1. The van der Waals surface area contributed by atoms with E-state index in [0.717, 1.165) is 32.1 Å². The van der Waals surface area contributed by atoms with E-state index in [2.05, 4.69) is 41.6 Å². The highest BCUT2D eigenvalue weighted by Crippen LogP contribution is 2.42. The van der Waals surface area contributed by atoms with Gasteiger partial charge in [-0.1, -0.05) is 5.92 Å².